The molecule has 0 N–H and O–H groups in total. The molecule has 1 saturated heterocycles. The summed E-state index contributed by atoms with van der Waals surface area (Å²) in [6.45, 7) is 5.81. The fourth-order valence-corrected chi connectivity index (χ4v) is 4.00. The number of nitrogens with zero attached hydrogens (tertiary/aromatic N) is 1. The number of halogens is 1. The van der Waals surface area contributed by atoms with E-state index in [0.29, 0.717) is 11.7 Å². The van der Waals surface area contributed by atoms with Gasteiger partial charge in [-0.15, -0.1) is 0 Å². The van der Waals surface area contributed by atoms with Crippen molar-refractivity contribution in [3.63, 3.8) is 0 Å². The van der Waals surface area contributed by atoms with Crippen LogP contribution in [0.1, 0.15) is 58.3 Å². The number of hydrogen-bond donors (Lipinski definition) is 0. The van der Waals surface area contributed by atoms with Crippen LogP contribution < -0.4 is 0 Å². The molecule has 1 atom stereocenters. The van der Waals surface area contributed by atoms with Crippen molar-refractivity contribution in [2.45, 2.75) is 70.0 Å². The average molecular weight is 318 g/mol. The van der Waals surface area contributed by atoms with E-state index in [2.05, 4.69) is 27.8 Å². The van der Waals surface area contributed by atoms with Crippen LogP contribution in [0.2, 0.25) is 0 Å². The summed E-state index contributed by atoms with van der Waals surface area (Å²) in [5, 5.41) is 1.08. The SMILES string of the molecule is CCCCN(CCBr)CC1CCC2(CCCC2)O1. The monoisotopic (exact) mass is 317 g/mol. The third-order valence-corrected chi connectivity index (χ3v) is 4.90. The molecule has 0 aromatic rings. The van der Waals surface area contributed by atoms with Crippen molar-refractivity contribution in [1.29, 1.82) is 0 Å². The highest BCUT2D eigenvalue weighted by Crippen LogP contribution is 2.43. The molecular formula is C15H28BrNO. The van der Waals surface area contributed by atoms with E-state index >= 15 is 0 Å². The van der Waals surface area contributed by atoms with E-state index < -0.39 is 0 Å². The Morgan fingerprint density at radius 2 is 2.00 bits per heavy atom. The summed E-state index contributed by atoms with van der Waals surface area (Å²) in [6, 6.07) is 0. The summed E-state index contributed by atoms with van der Waals surface area (Å²) >= 11 is 3.57. The third kappa shape index (κ3) is 3.94. The Morgan fingerprint density at radius 3 is 2.67 bits per heavy atom. The molecular weight excluding hydrogens is 290 g/mol. The van der Waals surface area contributed by atoms with Crippen LogP contribution in [-0.2, 0) is 4.74 Å². The number of rotatable bonds is 7. The molecule has 1 spiro atoms. The summed E-state index contributed by atoms with van der Waals surface area (Å²) in [7, 11) is 0. The maximum Gasteiger partial charge on any atom is 0.0710 e. The number of unbranched alkanes of at least 4 members (excludes halogenated alkanes) is 1. The normalized spacial score (nSPS) is 26.5. The lowest BCUT2D eigenvalue weighted by Gasteiger charge is -2.28. The van der Waals surface area contributed by atoms with Crippen LogP contribution in [-0.4, -0.2) is 41.6 Å². The van der Waals surface area contributed by atoms with E-state index in [0.717, 1.165) is 18.4 Å². The van der Waals surface area contributed by atoms with E-state index in [9.17, 15) is 0 Å². The maximum absolute atomic E-state index is 6.41. The van der Waals surface area contributed by atoms with Gasteiger partial charge in [0.25, 0.3) is 0 Å². The molecule has 1 unspecified atom stereocenters. The highest BCUT2D eigenvalue weighted by atomic mass is 79.9. The molecule has 0 amide bonds. The number of alkyl halides is 1. The summed E-state index contributed by atoms with van der Waals surface area (Å²) in [4.78, 5) is 2.58. The van der Waals surface area contributed by atoms with Gasteiger partial charge in [-0.25, -0.2) is 0 Å². The fourth-order valence-electron chi connectivity index (χ4n) is 3.49. The maximum atomic E-state index is 6.41. The molecule has 1 aliphatic heterocycles. The topological polar surface area (TPSA) is 12.5 Å². The van der Waals surface area contributed by atoms with Crippen LogP contribution in [0.3, 0.4) is 0 Å². The lowest BCUT2D eigenvalue weighted by molar-refractivity contribution is -0.0468. The lowest BCUT2D eigenvalue weighted by atomic mass is 9.98. The molecule has 1 heterocycles. The van der Waals surface area contributed by atoms with Crippen LogP contribution in [0, 0.1) is 0 Å². The van der Waals surface area contributed by atoms with E-state index in [1.165, 1.54) is 57.9 Å². The second-order valence-corrected chi connectivity index (χ2v) is 6.80. The van der Waals surface area contributed by atoms with Crippen molar-refractivity contribution >= 4 is 15.9 Å². The van der Waals surface area contributed by atoms with Crippen molar-refractivity contribution in [3.8, 4) is 0 Å². The third-order valence-electron chi connectivity index (χ3n) is 4.54. The van der Waals surface area contributed by atoms with Crippen LogP contribution in [0.15, 0.2) is 0 Å². The molecule has 2 fully saturated rings. The van der Waals surface area contributed by atoms with Gasteiger partial charge >= 0.3 is 0 Å². The first-order valence-corrected chi connectivity index (χ1v) is 8.86. The van der Waals surface area contributed by atoms with Crippen LogP contribution >= 0.6 is 15.9 Å². The van der Waals surface area contributed by atoms with Gasteiger partial charge in [0.05, 0.1) is 11.7 Å². The molecule has 0 bridgehead atoms. The second-order valence-electron chi connectivity index (χ2n) is 6.01. The minimum Gasteiger partial charge on any atom is -0.370 e. The predicted molar refractivity (Wildman–Crippen MR) is 80.4 cm³/mol. The van der Waals surface area contributed by atoms with Gasteiger partial charge in [0.2, 0.25) is 0 Å². The molecule has 1 aliphatic carbocycles. The summed E-state index contributed by atoms with van der Waals surface area (Å²) in [5.41, 5.74) is 0.301. The Bertz CT molecular complexity index is 241. The van der Waals surface area contributed by atoms with Crippen molar-refractivity contribution in [2.75, 3.05) is 25.0 Å². The van der Waals surface area contributed by atoms with Crippen LogP contribution in [0.25, 0.3) is 0 Å². The quantitative estimate of drug-likeness (QED) is 0.659. The highest BCUT2D eigenvalue weighted by molar-refractivity contribution is 9.09. The van der Waals surface area contributed by atoms with Crippen molar-refractivity contribution in [3.05, 3.63) is 0 Å². The summed E-state index contributed by atoms with van der Waals surface area (Å²) in [5.74, 6) is 0. The van der Waals surface area contributed by atoms with E-state index in [-0.39, 0.29) is 0 Å². The molecule has 1 saturated carbocycles. The molecule has 18 heavy (non-hydrogen) atoms. The Kier molecular flexibility index (Phi) is 5.96. The minimum atomic E-state index is 0.301. The standard InChI is InChI=1S/C15H28BrNO/c1-2-3-11-17(12-10-16)13-14-6-9-15(18-14)7-4-5-8-15/h14H,2-13H2,1H3. The molecule has 2 nitrogen and oxygen atoms in total. The smallest absolute Gasteiger partial charge is 0.0710 e. The second kappa shape index (κ2) is 7.25. The first-order chi connectivity index (χ1) is 8.78. The molecule has 0 radical (unpaired) electrons. The van der Waals surface area contributed by atoms with Crippen LogP contribution in [0.4, 0.5) is 0 Å². The van der Waals surface area contributed by atoms with Crippen molar-refractivity contribution in [2.24, 2.45) is 0 Å². The molecule has 0 aromatic heterocycles. The fraction of sp³-hybridized carbons (Fsp3) is 1.00. The Labute approximate surface area is 121 Å². The zero-order valence-electron chi connectivity index (χ0n) is 11.8. The molecule has 2 aliphatic rings. The van der Waals surface area contributed by atoms with Gasteiger partial charge in [-0.05, 0) is 38.6 Å². The van der Waals surface area contributed by atoms with Gasteiger partial charge in [-0.1, -0.05) is 42.1 Å². The number of ether oxygens (including phenoxy) is 1. The summed E-state index contributed by atoms with van der Waals surface area (Å²) < 4.78 is 6.41. The minimum absolute atomic E-state index is 0.301. The molecule has 2 rings (SSSR count). The van der Waals surface area contributed by atoms with Gasteiger partial charge in [-0.2, -0.15) is 0 Å². The first-order valence-electron chi connectivity index (χ1n) is 7.74. The molecule has 0 aromatic carbocycles. The van der Waals surface area contributed by atoms with E-state index in [1.54, 1.807) is 0 Å². The Balaban J connectivity index is 1.77. The zero-order valence-corrected chi connectivity index (χ0v) is 13.4. The van der Waals surface area contributed by atoms with Gasteiger partial charge in [-0.3, -0.25) is 4.90 Å². The zero-order chi connectivity index (χ0) is 12.8. The molecule has 3 heteroatoms. The van der Waals surface area contributed by atoms with Crippen LogP contribution in [0.5, 0.6) is 0 Å². The first kappa shape index (κ1) is 14.8. The Hall–Kier alpha value is 0.400. The summed E-state index contributed by atoms with van der Waals surface area (Å²) in [6.07, 6.45) is 11.1. The largest absolute Gasteiger partial charge is 0.370 e. The van der Waals surface area contributed by atoms with Gasteiger partial charge in [0.1, 0.15) is 0 Å². The molecule has 106 valence electrons. The van der Waals surface area contributed by atoms with Gasteiger partial charge in [0.15, 0.2) is 0 Å². The predicted octanol–water partition coefficient (Wildman–Crippen LogP) is 3.98. The van der Waals surface area contributed by atoms with E-state index in [4.69, 9.17) is 4.74 Å². The lowest BCUT2D eigenvalue weighted by Crippen LogP contribution is -2.36. The van der Waals surface area contributed by atoms with Crippen molar-refractivity contribution in [1.82, 2.24) is 4.90 Å². The van der Waals surface area contributed by atoms with E-state index in [1.807, 2.05) is 0 Å². The van der Waals surface area contributed by atoms with Gasteiger partial charge in [0, 0.05) is 18.4 Å². The van der Waals surface area contributed by atoms with Crippen molar-refractivity contribution < 1.29 is 4.74 Å². The Morgan fingerprint density at radius 1 is 1.22 bits per heavy atom. The van der Waals surface area contributed by atoms with Gasteiger partial charge < -0.3 is 4.74 Å². The number of hydrogen-bond acceptors (Lipinski definition) is 2. The highest BCUT2D eigenvalue weighted by Gasteiger charge is 2.42. The average Bonchev–Trinajstić information content (AvgIpc) is 2.98.